The van der Waals surface area contributed by atoms with E-state index in [-0.39, 0.29) is 53.5 Å². The van der Waals surface area contributed by atoms with Gasteiger partial charge in [-0.2, -0.15) is 0 Å². The van der Waals surface area contributed by atoms with E-state index in [9.17, 15) is 28.8 Å². The number of ketones is 1. The number of nitrogens with one attached hydrogen (secondary N) is 5. The molecule has 5 N–H and O–H groups in total. The molecule has 0 radical (unpaired) electrons. The molecule has 0 aromatic heterocycles. The van der Waals surface area contributed by atoms with Gasteiger partial charge in [0, 0.05) is 82.8 Å². The standard InChI is InChI=1S/C50H51Cl2FN6O8/c51-30-14-17-35-38(27-30)56-48(65)50(35)42(33-8-4-9-36(52)43(33)53)44(58-49(50)20-2-1-3-21-49)46(63)55-31-15-12-29(13-16-31)40(60)11-6-23-66-25-26-67-24-22-54-37-10-5-7-32-34(37)28-59(47(32)64)39-18-19-41(61)57-45(39)62/h4-5,7-10,12-17,27,39,42,44,54,58H,1-3,6,11,18-26,28H2,(H,55,63)(H,56,65)(H,57,61,62)/t39?,42-,44+,50+/m0/s1. The molecule has 5 amide bonds. The first-order valence-electron chi connectivity index (χ1n) is 22.8. The second-order valence-corrected chi connectivity index (χ2v) is 18.7. The van der Waals surface area contributed by atoms with Crippen molar-refractivity contribution in [1.82, 2.24) is 15.5 Å². The number of fused-ring (bicyclic) bond motifs is 4. The van der Waals surface area contributed by atoms with Gasteiger partial charge in [-0.1, -0.05) is 66.7 Å². The van der Waals surface area contributed by atoms with E-state index in [1.165, 1.54) is 11.0 Å². The van der Waals surface area contributed by atoms with Crippen LogP contribution in [-0.2, 0) is 40.6 Å². The summed E-state index contributed by atoms with van der Waals surface area (Å²) in [6.07, 6.45) is 5.04. The third kappa shape index (κ3) is 8.72. The highest BCUT2D eigenvalue weighted by atomic mass is 35.5. The van der Waals surface area contributed by atoms with E-state index in [2.05, 4.69) is 26.6 Å². The normalized spacial score (nSPS) is 22.7. The zero-order valence-corrected chi connectivity index (χ0v) is 38.2. The fraction of sp³-hybridized carbons (Fsp3) is 0.400. The van der Waals surface area contributed by atoms with Gasteiger partial charge in [0.05, 0.1) is 30.9 Å². The van der Waals surface area contributed by atoms with E-state index >= 15 is 4.39 Å². The van der Waals surface area contributed by atoms with Crippen LogP contribution in [0.3, 0.4) is 0 Å². The zero-order valence-electron chi connectivity index (χ0n) is 36.7. The molecule has 9 rings (SSSR count). The summed E-state index contributed by atoms with van der Waals surface area (Å²) < 4.78 is 27.7. The average Bonchev–Trinajstić information content (AvgIpc) is 3.91. The Morgan fingerprint density at radius 3 is 2.40 bits per heavy atom. The van der Waals surface area contributed by atoms with Crippen LogP contribution in [0.4, 0.5) is 21.5 Å². The largest absolute Gasteiger partial charge is 0.382 e. The summed E-state index contributed by atoms with van der Waals surface area (Å²) in [5, 5.41) is 15.6. The maximum Gasteiger partial charge on any atom is 0.255 e. The van der Waals surface area contributed by atoms with Crippen LogP contribution >= 0.6 is 23.2 Å². The second kappa shape index (κ2) is 19.5. The second-order valence-electron chi connectivity index (χ2n) is 17.8. The van der Waals surface area contributed by atoms with Crippen LogP contribution in [0.15, 0.2) is 78.9 Å². The van der Waals surface area contributed by atoms with Crippen LogP contribution < -0.4 is 26.6 Å². The summed E-state index contributed by atoms with van der Waals surface area (Å²) >= 11 is 12.8. The summed E-state index contributed by atoms with van der Waals surface area (Å²) in [7, 11) is 0. The minimum Gasteiger partial charge on any atom is -0.382 e. The number of carbonyl (C=O) groups excluding carboxylic acids is 6. The first kappa shape index (κ1) is 46.4. The van der Waals surface area contributed by atoms with Crippen LogP contribution in [0.2, 0.25) is 10.0 Å². The molecule has 1 saturated carbocycles. The molecule has 2 saturated heterocycles. The Hall–Kier alpha value is -5.71. The predicted octanol–water partition coefficient (Wildman–Crippen LogP) is 7.29. The molecular formula is C50H51Cl2FN6O8. The maximum absolute atomic E-state index is 16.2. The van der Waals surface area contributed by atoms with Gasteiger partial charge in [-0.3, -0.25) is 39.4 Å². The first-order chi connectivity index (χ1) is 32.4. The lowest BCUT2D eigenvalue weighted by Crippen LogP contribution is -2.60. The number of rotatable bonds is 16. The van der Waals surface area contributed by atoms with Gasteiger partial charge in [0.1, 0.15) is 17.3 Å². The van der Waals surface area contributed by atoms with Gasteiger partial charge in [0.15, 0.2) is 5.78 Å². The molecule has 67 heavy (non-hydrogen) atoms. The van der Waals surface area contributed by atoms with E-state index in [1.807, 2.05) is 12.1 Å². The fourth-order valence-corrected chi connectivity index (χ4v) is 11.3. The quantitative estimate of drug-likeness (QED) is 0.0435. The summed E-state index contributed by atoms with van der Waals surface area (Å²) in [6.45, 7) is 2.18. The lowest BCUT2D eigenvalue weighted by molar-refractivity contribution is -0.137. The molecule has 14 nitrogen and oxygen atoms in total. The summed E-state index contributed by atoms with van der Waals surface area (Å²) in [4.78, 5) is 80.9. The molecule has 350 valence electrons. The Morgan fingerprint density at radius 2 is 1.63 bits per heavy atom. The van der Waals surface area contributed by atoms with Crippen molar-refractivity contribution in [3.8, 4) is 0 Å². The van der Waals surface area contributed by atoms with Crippen LogP contribution in [0.5, 0.6) is 0 Å². The van der Waals surface area contributed by atoms with Crippen LogP contribution in [0, 0.1) is 5.82 Å². The molecule has 17 heteroatoms. The number of benzene rings is 4. The average molecular weight is 954 g/mol. The summed E-state index contributed by atoms with van der Waals surface area (Å²) in [6, 6.07) is 20.2. The number of nitrogens with zero attached hydrogens (tertiary/aromatic N) is 1. The molecule has 5 aliphatic rings. The lowest BCUT2D eigenvalue weighted by atomic mass is 9.55. The summed E-state index contributed by atoms with van der Waals surface area (Å²) in [5.74, 6) is -3.51. The van der Waals surface area contributed by atoms with Gasteiger partial charge in [-0.15, -0.1) is 0 Å². The molecule has 4 aliphatic heterocycles. The third-order valence-corrected chi connectivity index (χ3v) is 14.5. The number of hydrogen-bond donors (Lipinski definition) is 5. The van der Waals surface area contributed by atoms with Crippen LogP contribution in [0.1, 0.15) is 101 Å². The number of halogens is 3. The van der Waals surface area contributed by atoms with Crippen molar-refractivity contribution in [2.24, 2.45) is 0 Å². The minimum absolute atomic E-state index is 0.0840. The monoisotopic (exact) mass is 952 g/mol. The van der Waals surface area contributed by atoms with Crippen molar-refractivity contribution in [3.05, 3.63) is 123 Å². The SMILES string of the molecule is O=C1CCC(N2Cc3c(NCCOCCOCCCC(=O)c4ccc(NC(=O)[C@@H]5NC6(CCCCC6)[C@@]6(C(=O)Nc7cc(Cl)ccc76)[C@H]5c5cccc(Cl)c5F)cc4)cccc3C2=O)C(=O)N1. The van der Waals surface area contributed by atoms with Crippen molar-refractivity contribution in [2.45, 2.75) is 93.3 Å². The Labute approximate surface area is 397 Å². The van der Waals surface area contributed by atoms with Gasteiger partial charge < -0.3 is 30.3 Å². The van der Waals surface area contributed by atoms with E-state index in [1.54, 1.807) is 60.7 Å². The molecule has 4 heterocycles. The number of Topliss-reactive ketones (excluding diaryl/α,β-unsaturated/α-hetero) is 1. The maximum atomic E-state index is 16.2. The molecule has 0 bridgehead atoms. The third-order valence-electron chi connectivity index (χ3n) is 14.0. The topological polar surface area (TPSA) is 184 Å². The molecule has 4 atom stereocenters. The van der Waals surface area contributed by atoms with Crippen molar-refractivity contribution in [3.63, 3.8) is 0 Å². The van der Waals surface area contributed by atoms with Crippen molar-refractivity contribution < 1.29 is 42.6 Å². The Morgan fingerprint density at radius 1 is 0.866 bits per heavy atom. The molecule has 2 spiro atoms. The highest BCUT2D eigenvalue weighted by Crippen LogP contribution is 2.63. The Balaban J connectivity index is 0.752. The van der Waals surface area contributed by atoms with Gasteiger partial charge >= 0.3 is 0 Å². The fourth-order valence-electron chi connectivity index (χ4n) is 11.0. The van der Waals surface area contributed by atoms with Crippen LogP contribution in [0.25, 0.3) is 0 Å². The van der Waals surface area contributed by atoms with Gasteiger partial charge in [0.25, 0.3) is 5.91 Å². The Kier molecular flexibility index (Phi) is 13.5. The molecule has 4 aromatic rings. The zero-order chi connectivity index (χ0) is 46.9. The van der Waals surface area contributed by atoms with E-state index in [4.69, 9.17) is 32.7 Å². The number of ether oxygens (including phenoxy) is 2. The number of imide groups is 1. The van der Waals surface area contributed by atoms with Gasteiger partial charge in [-0.25, -0.2) is 4.39 Å². The van der Waals surface area contributed by atoms with Gasteiger partial charge in [-0.05, 0) is 91.4 Å². The number of hydrogen-bond acceptors (Lipinski definition) is 10. The first-order valence-corrected chi connectivity index (χ1v) is 23.6. The summed E-state index contributed by atoms with van der Waals surface area (Å²) in [5.41, 5.74) is 2.18. The van der Waals surface area contributed by atoms with E-state index in [0.717, 1.165) is 30.5 Å². The van der Waals surface area contributed by atoms with E-state index in [0.29, 0.717) is 91.7 Å². The lowest BCUT2D eigenvalue weighted by Gasteiger charge is -2.47. The molecule has 4 aromatic carbocycles. The minimum atomic E-state index is -1.35. The number of piperidine rings is 1. The van der Waals surface area contributed by atoms with Crippen molar-refractivity contribution in [2.75, 3.05) is 48.9 Å². The van der Waals surface area contributed by atoms with Crippen molar-refractivity contribution >= 4 is 75.6 Å². The predicted molar refractivity (Wildman–Crippen MR) is 250 cm³/mol. The highest BCUT2D eigenvalue weighted by Gasteiger charge is 2.72. The number of amides is 5. The highest BCUT2D eigenvalue weighted by molar-refractivity contribution is 6.31. The number of carbonyl (C=O) groups is 6. The van der Waals surface area contributed by atoms with E-state index < -0.39 is 46.6 Å². The molecule has 3 fully saturated rings. The molecular weight excluding hydrogens is 902 g/mol. The van der Waals surface area contributed by atoms with Crippen LogP contribution in [-0.4, -0.2) is 90.8 Å². The van der Waals surface area contributed by atoms with Crippen molar-refractivity contribution in [1.29, 1.82) is 0 Å². The smallest absolute Gasteiger partial charge is 0.255 e. The molecule has 1 aliphatic carbocycles. The number of anilines is 3. The Bertz CT molecular complexity index is 2630. The molecule has 1 unspecified atom stereocenters. The van der Waals surface area contributed by atoms with Gasteiger partial charge in [0.2, 0.25) is 23.6 Å².